The summed E-state index contributed by atoms with van der Waals surface area (Å²) in [5.41, 5.74) is 7.38. The van der Waals surface area contributed by atoms with E-state index in [2.05, 4.69) is 40.7 Å². The van der Waals surface area contributed by atoms with Crippen LogP contribution in [-0.4, -0.2) is 53.7 Å². The Hall–Kier alpha value is -1.82. The van der Waals surface area contributed by atoms with Crippen molar-refractivity contribution >= 4 is 11.5 Å². The molecular weight excluding hydrogens is 266 g/mol. The molecule has 0 radical (unpaired) electrons. The van der Waals surface area contributed by atoms with Gasteiger partial charge in [-0.1, -0.05) is 19.0 Å². The maximum absolute atomic E-state index is 8.90. The highest BCUT2D eigenvalue weighted by atomic mass is 16.4. The molecule has 1 heterocycles. The molecule has 0 aliphatic heterocycles. The molecular formula is C15H27N5O. The summed E-state index contributed by atoms with van der Waals surface area (Å²) < 4.78 is 0. The fraction of sp³-hybridized carbons (Fsp3) is 0.600. The molecule has 6 heteroatoms. The molecule has 1 aromatic rings. The number of amidine groups is 1. The molecule has 0 aliphatic rings. The summed E-state index contributed by atoms with van der Waals surface area (Å²) in [4.78, 5) is 8.78. The summed E-state index contributed by atoms with van der Waals surface area (Å²) in [5.74, 6) is 0.120. The maximum Gasteiger partial charge on any atom is 0.172 e. The first-order chi connectivity index (χ1) is 10.2. The summed E-state index contributed by atoms with van der Waals surface area (Å²) in [6.45, 7) is 11.5. The van der Waals surface area contributed by atoms with Gasteiger partial charge < -0.3 is 20.7 Å². The Morgan fingerprint density at radius 1 is 1.24 bits per heavy atom. The van der Waals surface area contributed by atoms with E-state index in [-0.39, 0.29) is 5.84 Å². The summed E-state index contributed by atoms with van der Waals surface area (Å²) in [7, 11) is 0. The van der Waals surface area contributed by atoms with Crippen molar-refractivity contribution in [2.45, 2.75) is 27.2 Å². The third kappa shape index (κ3) is 4.90. The van der Waals surface area contributed by atoms with Crippen LogP contribution in [-0.2, 0) is 0 Å². The smallest absolute Gasteiger partial charge is 0.172 e. The van der Waals surface area contributed by atoms with Gasteiger partial charge in [0.25, 0.3) is 0 Å². The Bertz CT molecular complexity index is 445. The highest BCUT2D eigenvalue weighted by Gasteiger charge is 2.13. The van der Waals surface area contributed by atoms with E-state index in [9.17, 15) is 0 Å². The topological polar surface area (TPSA) is 78.0 Å². The number of hydrogen-bond acceptors (Lipinski definition) is 5. The molecule has 0 amide bonds. The Balaban J connectivity index is 2.77. The van der Waals surface area contributed by atoms with Crippen molar-refractivity contribution < 1.29 is 5.21 Å². The number of aromatic nitrogens is 1. The van der Waals surface area contributed by atoms with Gasteiger partial charge in [0, 0.05) is 24.8 Å². The Labute approximate surface area is 127 Å². The predicted octanol–water partition coefficient (Wildman–Crippen LogP) is 1.73. The quantitative estimate of drug-likeness (QED) is 0.314. The van der Waals surface area contributed by atoms with Crippen molar-refractivity contribution in [2.24, 2.45) is 10.9 Å². The lowest BCUT2D eigenvalue weighted by molar-refractivity contribution is 0.300. The van der Waals surface area contributed by atoms with Crippen molar-refractivity contribution in [1.29, 1.82) is 0 Å². The molecule has 21 heavy (non-hydrogen) atoms. The maximum atomic E-state index is 8.90. The lowest BCUT2D eigenvalue weighted by Crippen LogP contribution is -2.31. The van der Waals surface area contributed by atoms with E-state index in [0.29, 0.717) is 0 Å². The highest BCUT2D eigenvalue weighted by molar-refractivity contribution is 6.01. The molecule has 3 N–H and O–H groups in total. The standard InChI is InChI=1S/C15H27N5O/c1-4-19(5-2)10-7-11-20(6-3)14-12-17-9-8-13(14)15(16)18-21/h8-9,12,21H,4-7,10-11H2,1-3H3,(H2,16,18). The van der Waals surface area contributed by atoms with E-state index in [1.165, 1.54) is 0 Å². The first kappa shape index (κ1) is 17.2. The van der Waals surface area contributed by atoms with Crippen LogP contribution in [0, 0.1) is 0 Å². The fourth-order valence-corrected chi connectivity index (χ4v) is 2.38. The molecule has 0 spiro atoms. The van der Waals surface area contributed by atoms with Crippen LogP contribution in [0.5, 0.6) is 0 Å². The van der Waals surface area contributed by atoms with Crippen molar-refractivity contribution in [3.8, 4) is 0 Å². The minimum absolute atomic E-state index is 0.120. The van der Waals surface area contributed by atoms with E-state index < -0.39 is 0 Å². The molecule has 0 saturated heterocycles. The van der Waals surface area contributed by atoms with Gasteiger partial charge in [0.05, 0.1) is 11.9 Å². The third-order valence-electron chi connectivity index (χ3n) is 3.70. The summed E-state index contributed by atoms with van der Waals surface area (Å²) in [5, 5.41) is 12.0. The molecule has 1 rings (SSSR count). The average molecular weight is 293 g/mol. The SMILES string of the molecule is CCN(CC)CCCN(CC)c1cnccc1/C(N)=N/O. The number of oxime groups is 1. The molecule has 0 aromatic carbocycles. The fourth-order valence-electron chi connectivity index (χ4n) is 2.38. The number of rotatable bonds is 9. The van der Waals surface area contributed by atoms with Crippen LogP contribution in [0.25, 0.3) is 0 Å². The zero-order valence-electron chi connectivity index (χ0n) is 13.3. The van der Waals surface area contributed by atoms with Crippen LogP contribution in [0.2, 0.25) is 0 Å². The molecule has 6 nitrogen and oxygen atoms in total. The number of anilines is 1. The van der Waals surface area contributed by atoms with Crippen LogP contribution in [0.3, 0.4) is 0 Å². The zero-order valence-corrected chi connectivity index (χ0v) is 13.3. The summed E-state index contributed by atoms with van der Waals surface area (Å²) >= 11 is 0. The minimum Gasteiger partial charge on any atom is -0.409 e. The normalized spacial score (nSPS) is 11.9. The summed E-state index contributed by atoms with van der Waals surface area (Å²) in [6.07, 6.45) is 4.49. The van der Waals surface area contributed by atoms with Crippen LogP contribution in [0.4, 0.5) is 5.69 Å². The van der Waals surface area contributed by atoms with Crippen LogP contribution in [0.1, 0.15) is 32.8 Å². The molecule has 0 fully saturated rings. The zero-order chi connectivity index (χ0) is 15.7. The van der Waals surface area contributed by atoms with Crippen molar-refractivity contribution in [3.63, 3.8) is 0 Å². The molecule has 0 atom stereocenters. The lowest BCUT2D eigenvalue weighted by Gasteiger charge is -2.26. The molecule has 0 bridgehead atoms. The highest BCUT2D eigenvalue weighted by Crippen LogP contribution is 2.19. The van der Waals surface area contributed by atoms with E-state index in [1.54, 1.807) is 18.5 Å². The van der Waals surface area contributed by atoms with Crippen LogP contribution in [0.15, 0.2) is 23.6 Å². The number of pyridine rings is 1. The second kappa shape index (κ2) is 9.18. The van der Waals surface area contributed by atoms with Crippen molar-refractivity contribution in [1.82, 2.24) is 9.88 Å². The van der Waals surface area contributed by atoms with Gasteiger partial charge in [-0.2, -0.15) is 0 Å². The van der Waals surface area contributed by atoms with Gasteiger partial charge in [-0.05, 0) is 39.0 Å². The van der Waals surface area contributed by atoms with Gasteiger partial charge in [-0.25, -0.2) is 0 Å². The predicted molar refractivity (Wildman–Crippen MR) is 87.0 cm³/mol. The van der Waals surface area contributed by atoms with Crippen LogP contribution < -0.4 is 10.6 Å². The van der Waals surface area contributed by atoms with E-state index in [4.69, 9.17) is 10.9 Å². The second-order valence-electron chi connectivity index (χ2n) is 4.84. The largest absolute Gasteiger partial charge is 0.409 e. The Morgan fingerprint density at radius 2 is 1.95 bits per heavy atom. The van der Waals surface area contributed by atoms with E-state index in [1.807, 2.05) is 0 Å². The van der Waals surface area contributed by atoms with E-state index >= 15 is 0 Å². The number of nitrogens with two attached hydrogens (primary N) is 1. The van der Waals surface area contributed by atoms with Gasteiger partial charge in [0.15, 0.2) is 5.84 Å². The summed E-state index contributed by atoms with van der Waals surface area (Å²) in [6, 6.07) is 1.78. The Morgan fingerprint density at radius 3 is 2.52 bits per heavy atom. The van der Waals surface area contributed by atoms with Crippen LogP contribution >= 0.6 is 0 Å². The molecule has 0 saturated carbocycles. The molecule has 1 aromatic heterocycles. The average Bonchev–Trinajstić information content (AvgIpc) is 2.54. The minimum atomic E-state index is 0.120. The van der Waals surface area contributed by atoms with Crippen molar-refractivity contribution in [3.05, 3.63) is 24.0 Å². The molecule has 118 valence electrons. The van der Waals surface area contributed by atoms with E-state index in [0.717, 1.165) is 50.4 Å². The first-order valence-electron chi connectivity index (χ1n) is 7.57. The first-order valence-corrected chi connectivity index (χ1v) is 7.57. The van der Waals surface area contributed by atoms with Gasteiger partial charge in [-0.15, -0.1) is 0 Å². The molecule has 0 unspecified atom stereocenters. The second-order valence-corrected chi connectivity index (χ2v) is 4.84. The third-order valence-corrected chi connectivity index (χ3v) is 3.70. The van der Waals surface area contributed by atoms with Gasteiger partial charge in [-0.3, -0.25) is 4.98 Å². The van der Waals surface area contributed by atoms with Gasteiger partial charge in [0.1, 0.15) is 0 Å². The molecule has 0 aliphatic carbocycles. The van der Waals surface area contributed by atoms with Crippen molar-refractivity contribution in [2.75, 3.05) is 37.6 Å². The monoisotopic (exact) mass is 293 g/mol. The van der Waals surface area contributed by atoms with Gasteiger partial charge >= 0.3 is 0 Å². The number of hydrogen-bond donors (Lipinski definition) is 2. The Kier molecular flexibility index (Phi) is 7.53. The van der Waals surface area contributed by atoms with Gasteiger partial charge in [0.2, 0.25) is 0 Å². The lowest BCUT2D eigenvalue weighted by atomic mass is 10.2. The number of nitrogens with zero attached hydrogens (tertiary/aromatic N) is 4.